The molecule has 2 N–H and O–H groups in total. The summed E-state index contributed by atoms with van der Waals surface area (Å²) in [4.78, 5) is 11.5. The van der Waals surface area contributed by atoms with Crippen molar-refractivity contribution >= 4 is 5.91 Å². The number of amides is 1. The van der Waals surface area contributed by atoms with Gasteiger partial charge in [-0.05, 0) is 43.9 Å². The molecule has 1 fully saturated rings. The summed E-state index contributed by atoms with van der Waals surface area (Å²) in [6.45, 7) is 6.57. The van der Waals surface area contributed by atoms with Gasteiger partial charge in [0, 0.05) is 32.0 Å². The van der Waals surface area contributed by atoms with Crippen LogP contribution in [0.25, 0.3) is 0 Å². The van der Waals surface area contributed by atoms with Crippen molar-refractivity contribution in [1.82, 2.24) is 10.6 Å². The smallest absolute Gasteiger partial charge is 0.223 e. The molecule has 1 aromatic carbocycles. The van der Waals surface area contributed by atoms with E-state index in [-0.39, 0.29) is 11.5 Å². The lowest BCUT2D eigenvalue weighted by Gasteiger charge is -2.16. The van der Waals surface area contributed by atoms with Crippen LogP contribution in [0, 0.1) is 5.92 Å². The molecular weight excluding hydrogens is 264 g/mol. The van der Waals surface area contributed by atoms with E-state index in [1.54, 1.807) is 0 Å². The molecule has 1 aliphatic carbocycles. The normalized spacial score (nSPS) is 19.0. The van der Waals surface area contributed by atoms with Gasteiger partial charge < -0.3 is 15.4 Å². The fourth-order valence-electron chi connectivity index (χ4n) is 2.77. The minimum Gasteiger partial charge on any atom is -0.487 e. The number of nitrogens with one attached hydrogen (secondary N) is 2. The average molecular weight is 288 g/mol. The number of hydrogen-bond acceptors (Lipinski definition) is 3. The summed E-state index contributed by atoms with van der Waals surface area (Å²) in [5, 5.41) is 6.33. The van der Waals surface area contributed by atoms with Crippen molar-refractivity contribution < 1.29 is 9.53 Å². The molecule has 0 radical (unpaired) electrons. The zero-order valence-corrected chi connectivity index (χ0v) is 12.9. The molecule has 0 atom stereocenters. The maximum absolute atomic E-state index is 11.5. The highest BCUT2D eigenvalue weighted by Crippen LogP contribution is 2.35. The topological polar surface area (TPSA) is 50.4 Å². The van der Waals surface area contributed by atoms with Crippen LogP contribution in [0.4, 0.5) is 0 Å². The molecule has 1 saturated carbocycles. The van der Waals surface area contributed by atoms with Gasteiger partial charge >= 0.3 is 0 Å². The minimum absolute atomic E-state index is 0.0819. The highest BCUT2D eigenvalue weighted by molar-refractivity contribution is 5.80. The van der Waals surface area contributed by atoms with Crippen LogP contribution in [0.3, 0.4) is 0 Å². The lowest BCUT2D eigenvalue weighted by molar-refractivity contribution is -0.122. The third kappa shape index (κ3) is 3.76. The van der Waals surface area contributed by atoms with E-state index in [1.165, 1.54) is 11.1 Å². The van der Waals surface area contributed by atoms with Crippen LogP contribution in [-0.4, -0.2) is 24.6 Å². The number of carbonyl (C=O) groups is 1. The second-order valence-corrected chi connectivity index (χ2v) is 6.72. The van der Waals surface area contributed by atoms with Gasteiger partial charge in [0.15, 0.2) is 0 Å². The molecule has 1 amide bonds. The quantitative estimate of drug-likeness (QED) is 0.787. The van der Waals surface area contributed by atoms with E-state index in [4.69, 9.17) is 4.74 Å². The molecule has 0 bridgehead atoms. The molecule has 1 aliphatic heterocycles. The van der Waals surface area contributed by atoms with E-state index in [1.807, 2.05) is 0 Å². The van der Waals surface area contributed by atoms with Crippen LogP contribution >= 0.6 is 0 Å². The molecular formula is C17H24N2O2. The van der Waals surface area contributed by atoms with E-state index < -0.39 is 0 Å². The van der Waals surface area contributed by atoms with Crippen molar-refractivity contribution in [2.24, 2.45) is 5.92 Å². The van der Waals surface area contributed by atoms with Gasteiger partial charge in [-0.25, -0.2) is 0 Å². The summed E-state index contributed by atoms with van der Waals surface area (Å²) in [5.41, 5.74) is 2.48. The SMILES string of the molecule is CC1(C)Cc2cc(CNCCNC(=O)C3CC3)ccc2O1. The number of benzene rings is 1. The van der Waals surface area contributed by atoms with Gasteiger partial charge in [-0.15, -0.1) is 0 Å². The Morgan fingerprint density at radius 2 is 2.14 bits per heavy atom. The van der Waals surface area contributed by atoms with Gasteiger partial charge in [0.2, 0.25) is 5.91 Å². The minimum atomic E-state index is -0.0819. The van der Waals surface area contributed by atoms with E-state index in [2.05, 4.69) is 42.7 Å². The van der Waals surface area contributed by atoms with Gasteiger partial charge in [-0.3, -0.25) is 4.79 Å². The maximum atomic E-state index is 11.5. The predicted octanol–water partition coefficient (Wildman–Crippen LogP) is 2.02. The summed E-state index contributed by atoms with van der Waals surface area (Å²) in [7, 11) is 0. The summed E-state index contributed by atoms with van der Waals surface area (Å²) in [6.07, 6.45) is 3.09. The Kier molecular flexibility index (Phi) is 3.89. The summed E-state index contributed by atoms with van der Waals surface area (Å²) >= 11 is 0. The van der Waals surface area contributed by atoms with E-state index >= 15 is 0 Å². The van der Waals surface area contributed by atoms with E-state index in [9.17, 15) is 4.79 Å². The zero-order valence-electron chi connectivity index (χ0n) is 12.9. The van der Waals surface area contributed by atoms with Crippen LogP contribution in [0.1, 0.15) is 37.8 Å². The van der Waals surface area contributed by atoms with Gasteiger partial charge in [0.25, 0.3) is 0 Å². The highest BCUT2D eigenvalue weighted by Gasteiger charge is 2.30. The molecule has 1 aromatic rings. The molecule has 3 rings (SSSR count). The second-order valence-electron chi connectivity index (χ2n) is 6.72. The maximum Gasteiger partial charge on any atom is 0.223 e. The Morgan fingerprint density at radius 3 is 2.90 bits per heavy atom. The lowest BCUT2D eigenvalue weighted by Crippen LogP contribution is -2.32. The molecule has 2 aliphatic rings. The van der Waals surface area contributed by atoms with Crippen molar-refractivity contribution in [2.45, 2.75) is 45.3 Å². The van der Waals surface area contributed by atoms with Crippen molar-refractivity contribution in [2.75, 3.05) is 13.1 Å². The number of hydrogen-bond donors (Lipinski definition) is 2. The Morgan fingerprint density at radius 1 is 1.33 bits per heavy atom. The molecule has 114 valence electrons. The number of rotatable bonds is 6. The van der Waals surface area contributed by atoms with Crippen LogP contribution in [-0.2, 0) is 17.8 Å². The number of ether oxygens (including phenoxy) is 1. The van der Waals surface area contributed by atoms with Crippen molar-refractivity contribution in [3.63, 3.8) is 0 Å². The molecule has 0 unspecified atom stereocenters. The van der Waals surface area contributed by atoms with E-state index in [0.29, 0.717) is 12.5 Å². The molecule has 0 aromatic heterocycles. The Balaban J connectivity index is 1.41. The monoisotopic (exact) mass is 288 g/mol. The van der Waals surface area contributed by atoms with Crippen LogP contribution in [0.15, 0.2) is 18.2 Å². The first-order chi connectivity index (χ1) is 10.0. The van der Waals surface area contributed by atoms with Crippen LogP contribution in [0.2, 0.25) is 0 Å². The summed E-state index contributed by atoms with van der Waals surface area (Å²) in [6, 6.07) is 6.39. The third-order valence-electron chi connectivity index (χ3n) is 4.01. The molecule has 0 saturated heterocycles. The Bertz CT molecular complexity index is 536. The lowest BCUT2D eigenvalue weighted by atomic mass is 10.0. The highest BCUT2D eigenvalue weighted by atomic mass is 16.5. The fourth-order valence-corrected chi connectivity index (χ4v) is 2.77. The largest absolute Gasteiger partial charge is 0.487 e. The standard InChI is InChI=1S/C17H24N2O2/c1-17(2)10-14-9-12(3-6-15(14)21-17)11-18-7-8-19-16(20)13-4-5-13/h3,6,9,13,18H,4-5,7-8,10-11H2,1-2H3,(H,19,20). The van der Waals surface area contributed by atoms with Gasteiger partial charge in [-0.1, -0.05) is 12.1 Å². The third-order valence-corrected chi connectivity index (χ3v) is 4.01. The predicted molar refractivity (Wildman–Crippen MR) is 82.3 cm³/mol. The van der Waals surface area contributed by atoms with Gasteiger partial charge in [0.1, 0.15) is 11.4 Å². The first-order valence-corrected chi connectivity index (χ1v) is 7.83. The summed E-state index contributed by atoms with van der Waals surface area (Å²) in [5.74, 6) is 1.53. The van der Waals surface area contributed by atoms with Crippen molar-refractivity contribution in [3.05, 3.63) is 29.3 Å². The fraction of sp³-hybridized carbons (Fsp3) is 0.588. The van der Waals surface area contributed by atoms with Gasteiger partial charge in [-0.2, -0.15) is 0 Å². The molecule has 1 heterocycles. The van der Waals surface area contributed by atoms with E-state index in [0.717, 1.165) is 38.1 Å². The first kappa shape index (κ1) is 14.4. The Labute approximate surface area is 126 Å². The molecule has 21 heavy (non-hydrogen) atoms. The molecule has 4 nitrogen and oxygen atoms in total. The molecule has 0 spiro atoms. The van der Waals surface area contributed by atoms with Crippen molar-refractivity contribution in [1.29, 1.82) is 0 Å². The number of carbonyl (C=O) groups excluding carboxylic acids is 1. The average Bonchev–Trinajstić information content (AvgIpc) is 3.20. The Hall–Kier alpha value is -1.55. The first-order valence-electron chi connectivity index (χ1n) is 7.83. The second kappa shape index (κ2) is 5.68. The summed E-state index contributed by atoms with van der Waals surface area (Å²) < 4.78 is 5.88. The molecule has 4 heteroatoms. The van der Waals surface area contributed by atoms with Crippen LogP contribution in [0.5, 0.6) is 5.75 Å². The number of fused-ring (bicyclic) bond motifs is 1. The van der Waals surface area contributed by atoms with Gasteiger partial charge in [0.05, 0.1) is 0 Å². The van der Waals surface area contributed by atoms with Crippen molar-refractivity contribution in [3.8, 4) is 5.75 Å². The zero-order chi connectivity index (χ0) is 14.9. The van der Waals surface area contributed by atoms with Crippen LogP contribution < -0.4 is 15.4 Å².